The van der Waals surface area contributed by atoms with E-state index in [2.05, 4.69) is 18.7 Å². The minimum Gasteiger partial charge on any atom is -0.402 e. The van der Waals surface area contributed by atoms with Gasteiger partial charge in [0.1, 0.15) is 0 Å². The van der Waals surface area contributed by atoms with Crippen molar-refractivity contribution in [3.63, 3.8) is 0 Å². The van der Waals surface area contributed by atoms with E-state index >= 15 is 0 Å². The average Bonchev–Trinajstić information content (AvgIpc) is 2.18. The van der Waals surface area contributed by atoms with E-state index in [-0.39, 0.29) is 0 Å². The smallest absolute Gasteiger partial charge is 0.00490 e. The van der Waals surface area contributed by atoms with Crippen LogP contribution in [0.3, 0.4) is 0 Å². The summed E-state index contributed by atoms with van der Waals surface area (Å²) in [4.78, 5) is 0. The molecule has 0 atom stereocenters. The van der Waals surface area contributed by atoms with Crippen LogP contribution in [0.2, 0.25) is 0 Å². The van der Waals surface area contributed by atoms with E-state index in [0.29, 0.717) is 0 Å². The van der Waals surface area contributed by atoms with Gasteiger partial charge in [0.25, 0.3) is 0 Å². The van der Waals surface area contributed by atoms with Crippen molar-refractivity contribution in [1.29, 1.82) is 0 Å². The molecule has 0 bridgehead atoms. The highest BCUT2D eigenvalue weighted by Gasteiger charge is 1.99. The lowest BCUT2D eigenvalue weighted by atomic mass is 10.00. The maximum Gasteiger partial charge on any atom is 0.00490 e. The van der Waals surface area contributed by atoms with Crippen LogP contribution in [0.5, 0.6) is 0 Å². The first-order valence-electron chi connectivity index (χ1n) is 4.96. The maximum atomic E-state index is 5.61. The Labute approximate surface area is 91.6 Å². The molecule has 1 aromatic carbocycles. The average molecular weight is 199 g/mol. The molecule has 0 spiro atoms. The van der Waals surface area contributed by atoms with Crippen molar-refractivity contribution >= 4 is 5.57 Å². The molecule has 0 aromatic heterocycles. The first-order chi connectivity index (χ1) is 7.11. The summed E-state index contributed by atoms with van der Waals surface area (Å²) in [7, 11) is 0. The van der Waals surface area contributed by atoms with Crippen LogP contribution in [0, 0.1) is 0 Å². The fraction of sp³-hybridized carbons (Fsp3) is 0.143. The van der Waals surface area contributed by atoms with Crippen molar-refractivity contribution < 1.29 is 0 Å². The minimum absolute atomic E-state index is 0.796. The van der Waals surface area contributed by atoms with Crippen molar-refractivity contribution in [2.75, 3.05) is 0 Å². The third-order valence-corrected chi connectivity index (χ3v) is 2.06. The van der Waals surface area contributed by atoms with Gasteiger partial charge in [0.15, 0.2) is 0 Å². The molecule has 78 valence electrons. The molecule has 1 rings (SSSR count). The number of rotatable bonds is 3. The number of nitrogens with two attached hydrogens (primary N) is 1. The molecule has 15 heavy (non-hydrogen) atoms. The third kappa shape index (κ3) is 3.47. The molecule has 0 fully saturated rings. The number of allylic oxidation sites excluding steroid dienone is 5. The summed E-state index contributed by atoms with van der Waals surface area (Å²) < 4.78 is 0. The van der Waals surface area contributed by atoms with E-state index in [1.807, 2.05) is 44.2 Å². The van der Waals surface area contributed by atoms with E-state index in [1.54, 1.807) is 0 Å². The predicted octanol–water partition coefficient (Wildman–Crippen LogP) is 3.51. The lowest BCUT2D eigenvalue weighted by molar-refractivity contribution is 1.32. The Bertz CT molecular complexity index is 393. The Morgan fingerprint density at radius 1 is 1.13 bits per heavy atom. The monoisotopic (exact) mass is 199 g/mol. The van der Waals surface area contributed by atoms with Crippen LogP contribution >= 0.6 is 0 Å². The van der Waals surface area contributed by atoms with Gasteiger partial charge >= 0.3 is 0 Å². The molecule has 0 saturated carbocycles. The summed E-state index contributed by atoms with van der Waals surface area (Å²) in [6, 6.07) is 10.2. The SMILES string of the molecule is C=C(C)/C(=C\C=C(\C)N)c1ccccc1. The second-order valence-corrected chi connectivity index (χ2v) is 3.64. The van der Waals surface area contributed by atoms with Crippen molar-refractivity contribution in [1.82, 2.24) is 0 Å². The molecule has 1 aromatic rings. The van der Waals surface area contributed by atoms with Gasteiger partial charge in [-0.05, 0) is 31.1 Å². The van der Waals surface area contributed by atoms with E-state index in [1.165, 1.54) is 5.56 Å². The molecule has 2 N–H and O–H groups in total. The summed E-state index contributed by atoms with van der Waals surface area (Å²) in [5, 5.41) is 0. The molecular formula is C14H17N. The lowest BCUT2D eigenvalue weighted by Crippen LogP contribution is -1.90. The fourth-order valence-corrected chi connectivity index (χ4v) is 1.32. The van der Waals surface area contributed by atoms with Crippen LogP contribution in [0.4, 0.5) is 0 Å². The van der Waals surface area contributed by atoms with Gasteiger partial charge in [0.05, 0.1) is 0 Å². The van der Waals surface area contributed by atoms with Crippen LogP contribution in [-0.2, 0) is 0 Å². The Morgan fingerprint density at radius 3 is 2.20 bits per heavy atom. The molecule has 1 nitrogen and oxygen atoms in total. The Balaban J connectivity index is 3.10. The van der Waals surface area contributed by atoms with Gasteiger partial charge in [0.2, 0.25) is 0 Å². The molecule has 0 aliphatic carbocycles. The van der Waals surface area contributed by atoms with Crippen LogP contribution in [0.25, 0.3) is 5.57 Å². The molecule has 0 amide bonds. The summed E-state index contributed by atoms with van der Waals surface area (Å²) in [6.07, 6.45) is 3.91. The number of hydrogen-bond donors (Lipinski definition) is 1. The minimum atomic E-state index is 0.796. The highest BCUT2D eigenvalue weighted by atomic mass is 14.5. The van der Waals surface area contributed by atoms with Crippen molar-refractivity contribution in [2.45, 2.75) is 13.8 Å². The first kappa shape index (κ1) is 11.3. The molecular weight excluding hydrogens is 182 g/mol. The Hall–Kier alpha value is -1.76. The molecule has 1 heteroatoms. The van der Waals surface area contributed by atoms with Crippen molar-refractivity contribution in [2.24, 2.45) is 5.73 Å². The molecule has 0 aliphatic heterocycles. The second-order valence-electron chi connectivity index (χ2n) is 3.64. The molecule has 0 aliphatic rings. The highest BCUT2D eigenvalue weighted by molar-refractivity contribution is 5.78. The zero-order valence-corrected chi connectivity index (χ0v) is 9.33. The topological polar surface area (TPSA) is 26.0 Å². The lowest BCUT2D eigenvalue weighted by Gasteiger charge is -2.06. The van der Waals surface area contributed by atoms with Crippen molar-refractivity contribution in [3.05, 3.63) is 65.9 Å². The van der Waals surface area contributed by atoms with Crippen LogP contribution in [-0.4, -0.2) is 0 Å². The maximum absolute atomic E-state index is 5.61. The second kappa shape index (κ2) is 5.20. The summed E-state index contributed by atoms with van der Waals surface area (Å²) in [5.41, 5.74) is 9.74. The van der Waals surface area contributed by atoms with E-state index in [4.69, 9.17) is 5.73 Å². The van der Waals surface area contributed by atoms with E-state index in [0.717, 1.165) is 16.8 Å². The summed E-state index contributed by atoms with van der Waals surface area (Å²) in [5.74, 6) is 0. The standard InChI is InChI=1S/C14H17N/c1-11(2)14(10-9-12(3)15)13-7-5-4-6-8-13/h4-10H,1,15H2,2-3H3/b12-9-,14-10+. The normalized spacial score (nSPS) is 12.7. The van der Waals surface area contributed by atoms with Crippen LogP contribution < -0.4 is 5.73 Å². The van der Waals surface area contributed by atoms with E-state index < -0.39 is 0 Å². The number of hydrogen-bond acceptors (Lipinski definition) is 1. The molecule has 0 unspecified atom stereocenters. The zero-order valence-electron chi connectivity index (χ0n) is 9.33. The Morgan fingerprint density at radius 2 is 1.73 bits per heavy atom. The summed E-state index contributed by atoms with van der Waals surface area (Å²) in [6.45, 7) is 7.84. The van der Waals surface area contributed by atoms with Gasteiger partial charge in [-0.3, -0.25) is 0 Å². The largest absolute Gasteiger partial charge is 0.402 e. The van der Waals surface area contributed by atoms with Crippen molar-refractivity contribution in [3.8, 4) is 0 Å². The van der Waals surface area contributed by atoms with E-state index in [9.17, 15) is 0 Å². The van der Waals surface area contributed by atoms with Gasteiger partial charge in [-0.25, -0.2) is 0 Å². The quantitative estimate of drug-likeness (QED) is 0.741. The Kier molecular flexibility index (Phi) is 3.92. The number of benzene rings is 1. The third-order valence-electron chi connectivity index (χ3n) is 2.06. The van der Waals surface area contributed by atoms with Crippen LogP contribution in [0.1, 0.15) is 19.4 Å². The van der Waals surface area contributed by atoms with Crippen LogP contribution in [0.15, 0.2) is 60.3 Å². The summed E-state index contributed by atoms with van der Waals surface area (Å²) >= 11 is 0. The van der Waals surface area contributed by atoms with Gasteiger partial charge in [-0.1, -0.05) is 48.6 Å². The van der Waals surface area contributed by atoms with Gasteiger partial charge in [-0.15, -0.1) is 0 Å². The highest BCUT2D eigenvalue weighted by Crippen LogP contribution is 2.21. The molecule has 0 heterocycles. The first-order valence-corrected chi connectivity index (χ1v) is 4.96. The van der Waals surface area contributed by atoms with Gasteiger partial charge in [-0.2, -0.15) is 0 Å². The van der Waals surface area contributed by atoms with Gasteiger partial charge < -0.3 is 5.73 Å². The fourth-order valence-electron chi connectivity index (χ4n) is 1.32. The van der Waals surface area contributed by atoms with Gasteiger partial charge in [0, 0.05) is 5.70 Å². The predicted molar refractivity (Wildman–Crippen MR) is 67.2 cm³/mol. The molecule has 0 radical (unpaired) electrons. The zero-order chi connectivity index (χ0) is 11.3. The molecule has 0 saturated heterocycles.